The van der Waals surface area contributed by atoms with Gasteiger partial charge in [0.2, 0.25) is 5.91 Å². The maximum Gasteiger partial charge on any atom is 0.250 e. The summed E-state index contributed by atoms with van der Waals surface area (Å²) in [6.07, 6.45) is 0. The smallest absolute Gasteiger partial charge is 0.250 e. The van der Waals surface area contributed by atoms with Gasteiger partial charge in [-0.2, -0.15) is 0 Å². The molecule has 0 spiro atoms. The van der Waals surface area contributed by atoms with E-state index in [4.69, 9.17) is 23.1 Å². The number of amides is 2. The molecule has 6 nitrogen and oxygen atoms in total. The van der Waals surface area contributed by atoms with Crippen molar-refractivity contribution >= 4 is 34.8 Å². The second-order valence-corrected chi connectivity index (χ2v) is 4.81. The fourth-order valence-electron chi connectivity index (χ4n) is 1.62. The van der Waals surface area contributed by atoms with Crippen LogP contribution >= 0.6 is 11.6 Å². The minimum absolute atomic E-state index is 0.0803. The summed E-state index contributed by atoms with van der Waals surface area (Å²) in [5.41, 5.74) is 11.9. The van der Waals surface area contributed by atoms with Gasteiger partial charge in [0.15, 0.2) is 0 Å². The largest absolute Gasteiger partial charge is 0.399 e. The Labute approximate surface area is 116 Å². The number of benzene rings is 1. The maximum atomic E-state index is 11.7. The lowest BCUT2D eigenvalue weighted by Crippen LogP contribution is -2.35. The van der Waals surface area contributed by atoms with Gasteiger partial charge in [-0.15, -0.1) is 0 Å². The predicted molar refractivity (Wildman–Crippen MR) is 76.3 cm³/mol. The molecular weight excluding hydrogens is 268 g/mol. The van der Waals surface area contributed by atoms with Gasteiger partial charge < -0.3 is 21.3 Å². The number of primary amides is 1. The van der Waals surface area contributed by atoms with Crippen LogP contribution in [-0.4, -0.2) is 44.4 Å². The second-order valence-electron chi connectivity index (χ2n) is 4.41. The van der Waals surface area contributed by atoms with Crippen LogP contribution in [0, 0.1) is 0 Å². The minimum Gasteiger partial charge on any atom is -0.399 e. The van der Waals surface area contributed by atoms with Crippen LogP contribution in [0.3, 0.4) is 0 Å². The highest BCUT2D eigenvalue weighted by Gasteiger charge is 2.19. The van der Waals surface area contributed by atoms with Crippen molar-refractivity contribution in [2.45, 2.75) is 0 Å². The van der Waals surface area contributed by atoms with Crippen molar-refractivity contribution in [1.82, 2.24) is 4.90 Å². The molecule has 19 heavy (non-hydrogen) atoms. The molecule has 0 aliphatic rings. The second kappa shape index (κ2) is 5.79. The fraction of sp³-hybridized carbons (Fsp3) is 0.333. The molecule has 1 aromatic carbocycles. The summed E-state index contributed by atoms with van der Waals surface area (Å²) < 4.78 is 0. The van der Waals surface area contributed by atoms with Crippen LogP contribution in [-0.2, 0) is 4.79 Å². The lowest BCUT2D eigenvalue weighted by Gasteiger charge is -2.24. The summed E-state index contributed by atoms with van der Waals surface area (Å²) in [6, 6.07) is 2.96. The molecule has 0 aliphatic carbocycles. The van der Waals surface area contributed by atoms with E-state index in [2.05, 4.69) is 0 Å². The Kier molecular flexibility index (Phi) is 4.61. The van der Waals surface area contributed by atoms with Gasteiger partial charge in [0.05, 0.1) is 22.8 Å². The number of carbonyl (C=O) groups is 2. The SMILES string of the molecule is CN(C)C(=O)CN(C)c1c(Cl)cc(N)cc1C(N)=O. The Bertz CT molecular complexity index is 517. The summed E-state index contributed by atoms with van der Waals surface area (Å²) in [7, 11) is 4.96. The molecule has 0 saturated carbocycles. The Morgan fingerprint density at radius 2 is 1.84 bits per heavy atom. The first-order chi connectivity index (χ1) is 8.73. The molecule has 104 valence electrons. The van der Waals surface area contributed by atoms with Gasteiger partial charge >= 0.3 is 0 Å². The van der Waals surface area contributed by atoms with Gasteiger partial charge in [-0.25, -0.2) is 0 Å². The summed E-state index contributed by atoms with van der Waals surface area (Å²) >= 11 is 6.08. The lowest BCUT2D eigenvalue weighted by molar-refractivity contribution is -0.127. The Hall–Kier alpha value is -1.95. The van der Waals surface area contributed by atoms with E-state index in [-0.39, 0.29) is 23.0 Å². The quantitative estimate of drug-likeness (QED) is 0.790. The Balaban J connectivity index is 3.18. The van der Waals surface area contributed by atoms with Crippen LogP contribution in [0.1, 0.15) is 10.4 Å². The van der Waals surface area contributed by atoms with Crippen molar-refractivity contribution in [3.8, 4) is 0 Å². The lowest BCUT2D eigenvalue weighted by atomic mass is 10.1. The molecule has 0 heterocycles. The fourth-order valence-corrected chi connectivity index (χ4v) is 1.99. The van der Waals surface area contributed by atoms with Gasteiger partial charge in [0.25, 0.3) is 5.91 Å². The third kappa shape index (κ3) is 3.51. The Morgan fingerprint density at radius 3 is 2.32 bits per heavy atom. The van der Waals surface area contributed by atoms with Crippen LogP contribution in [0.4, 0.5) is 11.4 Å². The number of hydrogen-bond acceptors (Lipinski definition) is 4. The standard InChI is InChI=1S/C12H17ClN4O2/c1-16(2)10(18)6-17(3)11-8(12(15)19)4-7(14)5-9(11)13/h4-5H,6,14H2,1-3H3,(H2,15,19). The molecule has 7 heteroatoms. The zero-order valence-corrected chi connectivity index (χ0v) is 11.9. The molecule has 1 rings (SSSR count). The molecule has 2 amide bonds. The summed E-state index contributed by atoms with van der Waals surface area (Å²) in [6.45, 7) is 0.0803. The first-order valence-electron chi connectivity index (χ1n) is 5.54. The summed E-state index contributed by atoms with van der Waals surface area (Å²) in [4.78, 5) is 26.1. The van der Waals surface area contributed by atoms with Gasteiger partial charge in [0.1, 0.15) is 0 Å². The number of likely N-dealkylation sites (N-methyl/N-ethyl adjacent to an activating group) is 2. The molecule has 0 atom stereocenters. The van der Waals surface area contributed by atoms with Gasteiger partial charge in [0, 0.05) is 26.8 Å². The van der Waals surface area contributed by atoms with Crippen LogP contribution in [0.5, 0.6) is 0 Å². The number of nitrogens with zero attached hydrogens (tertiary/aromatic N) is 2. The van der Waals surface area contributed by atoms with Crippen LogP contribution in [0.15, 0.2) is 12.1 Å². The molecule has 0 bridgehead atoms. The highest BCUT2D eigenvalue weighted by Crippen LogP contribution is 2.31. The normalized spacial score (nSPS) is 10.1. The van der Waals surface area contributed by atoms with E-state index >= 15 is 0 Å². The van der Waals surface area contributed by atoms with Crippen LogP contribution < -0.4 is 16.4 Å². The van der Waals surface area contributed by atoms with Crippen LogP contribution in [0.25, 0.3) is 0 Å². The average Bonchev–Trinajstić information content (AvgIpc) is 2.26. The predicted octanol–water partition coefficient (Wildman–Crippen LogP) is 0.546. The molecule has 0 unspecified atom stereocenters. The first kappa shape index (κ1) is 15.1. The average molecular weight is 285 g/mol. The number of nitrogens with two attached hydrogens (primary N) is 2. The monoisotopic (exact) mass is 284 g/mol. The van der Waals surface area contributed by atoms with Gasteiger partial charge in [-0.05, 0) is 12.1 Å². The van der Waals surface area contributed by atoms with E-state index in [9.17, 15) is 9.59 Å². The number of hydrogen-bond donors (Lipinski definition) is 2. The van der Waals surface area contributed by atoms with Crippen molar-refractivity contribution in [2.75, 3.05) is 38.3 Å². The maximum absolute atomic E-state index is 11.7. The molecule has 0 radical (unpaired) electrons. The topological polar surface area (TPSA) is 92.7 Å². The highest BCUT2D eigenvalue weighted by molar-refractivity contribution is 6.34. The minimum atomic E-state index is -0.645. The van der Waals surface area contributed by atoms with Crippen molar-refractivity contribution < 1.29 is 9.59 Å². The third-order valence-electron chi connectivity index (χ3n) is 2.60. The zero-order valence-electron chi connectivity index (χ0n) is 11.1. The van der Waals surface area contributed by atoms with E-state index in [1.807, 2.05) is 0 Å². The summed E-state index contributed by atoms with van der Waals surface area (Å²) in [5.74, 6) is -0.765. The number of carbonyl (C=O) groups excluding carboxylic acids is 2. The van der Waals surface area contributed by atoms with Crippen LogP contribution in [0.2, 0.25) is 5.02 Å². The van der Waals surface area contributed by atoms with Gasteiger partial charge in [-0.3, -0.25) is 9.59 Å². The highest BCUT2D eigenvalue weighted by atomic mass is 35.5. The van der Waals surface area contributed by atoms with E-state index < -0.39 is 5.91 Å². The van der Waals surface area contributed by atoms with E-state index in [0.29, 0.717) is 11.4 Å². The van der Waals surface area contributed by atoms with E-state index in [1.54, 1.807) is 26.0 Å². The first-order valence-corrected chi connectivity index (χ1v) is 5.92. The van der Waals surface area contributed by atoms with E-state index in [0.717, 1.165) is 0 Å². The third-order valence-corrected chi connectivity index (χ3v) is 2.89. The number of anilines is 2. The van der Waals surface area contributed by atoms with Crippen molar-refractivity contribution in [3.63, 3.8) is 0 Å². The Morgan fingerprint density at radius 1 is 1.26 bits per heavy atom. The van der Waals surface area contributed by atoms with Crippen molar-refractivity contribution in [3.05, 3.63) is 22.7 Å². The van der Waals surface area contributed by atoms with E-state index in [1.165, 1.54) is 17.0 Å². The molecule has 0 saturated heterocycles. The number of rotatable bonds is 4. The van der Waals surface area contributed by atoms with Gasteiger partial charge in [-0.1, -0.05) is 11.6 Å². The molecule has 0 aliphatic heterocycles. The number of halogens is 1. The molecule has 0 aromatic heterocycles. The zero-order chi connectivity index (χ0) is 14.7. The van der Waals surface area contributed by atoms with Crippen molar-refractivity contribution in [2.24, 2.45) is 5.73 Å². The van der Waals surface area contributed by atoms with Crippen molar-refractivity contribution in [1.29, 1.82) is 0 Å². The molecule has 1 aromatic rings. The summed E-state index contributed by atoms with van der Waals surface area (Å²) in [5, 5.41) is 0.280. The molecule has 0 fully saturated rings. The number of nitrogen functional groups attached to an aromatic ring is 1. The molecule has 4 N–H and O–H groups in total. The molecular formula is C12H17ClN4O2.